The summed E-state index contributed by atoms with van der Waals surface area (Å²) < 4.78 is 10.9. The number of hydrogen-bond donors (Lipinski definition) is 0. The lowest BCUT2D eigenvalue weighted by molar-refractivity contribution is -0.193. The molecule has 0 bridgehead atoms. The van der Waals surface area contributed by atoms with E-state index < -0.39 is 11.1 Å². The zero-order chi connectivity index (χ0) is 53.6. The number of hydrogen-bond acceptors (Lipinski definition) is 9. The van der Waals surface area contributed by atoms with Crippen molar-refractivity contribution in [2.45, 2.75) is 24.9 Å². The maximum absolute atomic E-state index is 8.12. The predicted molar refractivity (Wildman–Crippen MR) is 302 cm³/mol. The Bertz CT molecular complexity index is 3560. The van der Waals surface area contributed by atoms with Crippen LogP contribution < -0.4 is 4.90 Å². The number of carbonyl (C=O) groups excluding carboxylic acids is 4. The first-order valence-electron chi connectivity index (χ1n) is 25.1. The number of anilines is 1. The molecule has 11 aromatic rings. The number of benzene rings is 8. The second kappa shape index (κ2) is 24.5. The fraction of sp³-hybridized carbons (Fsp3) is 0.123. The van der Waals surface area contributed by atoms with Crippen LogP contribution in [0.5, 0.6) is 0 Å². The summed E-state index contributed by atoms with van der Waals surface area (Å²) in [6.07, 6.45) is 2.40. The van der Waals surface area contributed by atoms with Gasteiger partial charge in [-0.05, 0) is 99.6 Å². The molecule has 380 valence electrons. The second-order valence-corrected chi connectivity index (χ2v) is 19.0. The first kappa shape index (κ1) is 52.7. The van der Waals surface area contributed by atoms with Crippen LogP contribution in [0, 0.1) is 13.8 Å². The summed E-state index contributed by atoms with van der Waals surface area (Å²) in [7, 11) is 0. The number of rotatable bonds is 10. The maximum Gasteiger partial charge on any atom is 0.373 e. The second-order valence-electron chi connectivity index (χ2n) is 18.3. The average molecular weight is 1080 g/mol. The summed E-state index contributed by atoms with van der Waals surface area (Å²) in [5.74, 6) is 0.960. The van der Waals surface area contributed by atoms with E-state index in [2.05, 4.69) is 275 Å². The standard InChI is InChI=1S/C36H32N4O.C27H21BrN2.2CO2/c1-27-17-18-33-32(25-27)35(28-19-20-37-34(26-28)39-21-23-41-24-22-39)38-40(33)36(29-11-5-2-6-12-29,30-13-7-3-8-14-30)31-15-9-4-10-16-31;1-20-17-18-25-24(19-20)26(28)29-30(25)27(21-11-5-2-6-12-21,22-13-7-3-8-14-22)23-15-9-4-10-16-23;2*2-1-3/h2-20,25-26H,21-24H2,1H3;2-19H,1H3;;. The van der Waals surface area contributed by atoms with Crippen molar-refractivity contribution in [3.05, 3.63) is 286 Å². The summed E-state index contributed by atoms with van der Waals surface area (Å²) >= 11 is 3.73. The van der Waals surface area contributed by atoms with E-state index in [0.717, 1.165) is 86.5 Å². The van der Waals surface area contributed by atoms with Gasteiger partial charge in [0.15, 0.2) is 0 Å². The maximum atomic E-state index is 8.12. The lowest BCUT2D eigenvalue weighted by Crippen LogP contribution is -2.38. The van der Waals surface area contributed by atoms with Crippen LogP contribution in [-0.2, 0) is 35.0 Å². The predicted octanol–water partition coefficient (Wildman–Crippen LogP) is 12.9. The van der Waals surface area contributed by atoms with Gasteiger partial charge in [0.2, 0.25) is 0 Å². The topological polar surface area (TPSA) is 129 Å². The van der Waals surface area contributed by atoms with Crippen LogP contribution in [0.3, 0.4) is 0 Å². The SMILES string of the molecule is Cc1ccc2c(c1)c(-c1ccnc(N3CCOCC3)c1)nn2C(c1ccccc1)(c1ccccc1)c1ccccc1.Cc1ccc2c(c1)c(Br)nn2C(c1ccccc1)(c1ccccc1)c1ccccc1.O=C=O.O=C=O. The van der Waals surface area contributed by atoms with E-state index in [0.29, 0.717) is 0 Å². The van der Waals surface area contributed by atoms with Gasteiger partial charge in [-0.15, -0.1) is 0 Å². The lowest BCUT2D eigenvalue weighted by atomic mass is 9.77. The molecule has 1 aliphatic heterocycles. The molecule has 1 aliphatic rings. The fourth-order valence-corrected chi connectivity index (χ4v) is 11.0. The molecule has 0 spiro atoms. The van der Waals surface area contributed by atoms with Gasteiger partial charge in [-0.1, -0.05) is 205 Å². The minimum Gasteiger partial charge on any atom is -0.378 e. The smallest absolute Gasteiger partial charge is 0.373 e. The number of ether oxygens (including phenoxy) is 1. The molecule has 12 heteroatoms. The average Bonchev–Trinajstić information content (AvgIpc) is 4.10. The number of pyridine rings is 1. The van der Waals surface area contributed by atoms with Crippen molar-refractivity contribution in [1.29, 1.82) is 0 Å². The van der Waals surface area contributed by atoms with Crippen molar-refractivity contribution in [2.24, 2.45) is 0 Å². The first-order valence-corrected chi connectivity index (χ1v) is 25.8. The number of fused-ring (bicyclic) bond motifs is 2. The van der Waals surface area contributed by atoms with Gasteiger partial charge < -0.3 is 9.64 Å². The molecule has 0 atom stereocenters. The highest BCUT2D eigenvalue weighted by Crippen LogP contribution is 2.46. The number of aromatic nitrogens is 5. The van der Waals surface area contributed by atoms with E-state index in [1.165, 1.54) is 27.8 Å². The molecular weight excluding hydrogens is 1020 g/mol. The van der Waals surface area contributed by atoms with Crippen molar-refractivity contribution in [1.82, 2.24) is 24.5 Å². The van der Waals surface area contributed by atoms with E-state index in [1.54, 1.807) is 0 Å². The Morgan fingerprint density at radius 1 is 0.455 bits per heavy atom. The third-order valence-electron chi connectivity index (χ3n) is 13.8. The molecule has 12 rings (SSSR count). The summed E-state index contributed by atoms with van der Waals surface area (Å²) in [5.41, 5.74) is 12.2. The zero-order valence-corrected chi connectivity index (χ0v) is 44.0. The molecule has 11 nitrogen and oxygen atoms in total. The number of halogens is 1. The lowest BCUT2D eigenvalue weighted by Gasteiger charge is -2.37. The molecule has 4 heterocycles. The van der Waals surface area contributed by atoms with E-state index in [1.807, 2.05) is 6.20 Å². The monoisotopic (exact) mass is 1080 g/mol. The first-order chi connectivity index (χ1) is 37.8. The third-order valence-corrected chi connectivity index (χ3v) is 14.4. The Balaban J connectivity index is 0.000000177. The largest absolute Gasteiger partial charge is 0.378 e. The highest BCUT2D eigenvalue weighted by Gasteiger charge is 2.42. The van der Waals surface area contributed by atoms with E-state index in [4.69, 9.17) is 39.1 Å². The number of aryl methyl sites for hydroxylation is 2. The van der Waals surface area contributed by atoms with E-state index in [9.17, 15) is 0 Å². The fourth-order valence-electron chi connectivity index (χ4n) is 10.5. The Hall–Kier alpha value is -9.15. The van der Waals surface area contributed by atoms with Gasteiger partial charge in [0.25, 0.3) is 0 Å². The highest BCUT2D eigenvalue weighted by atomic mass is 79.9. The minimum atomic E-state index is -0.699. The quantitative estimate of drug-likeness (QED) is 0.123. The summed E-state index contributed by atoms with van der Waals surface area (Å²) in [6, 6.07) is 81.5. The van der Waals surface area contributed by atoms with Crippen LogP contribution in [-0.4, -0.2) is 63.2 Å². The van der Waals surface area contributed by atoms with Crippen molar-refractivity contribution < 1.29 is 23.9 Å². The summed E-state index contributed by atoms with van der Waals surface area (Å²) in [4.78, 5) is 39.5. The van der Waals surface area contributed by atoms with Gasteiger partial charge in [0, 0.05) is 35.6 Å². The molecule has 0 unspecified atom stereocenters. The van der Waals surface area contributed by atoms with Gasteiger partial charge in [-0.3, -0.25) is 0 Å². The van der Waals surface area contributed by atoms with Crippen LogP contribution in [0.4, 0.5) is 5.82 Å². The van der Waals surface area contributed by atoms with Gasteiger partial charge in [0.1, 0.15) is 27.2 Å². The molecule has 8 aromatic carbocycles. The summed E-state index contributed by atoms with van der Waals surface area (Å²) in [5, 5.41) is 12.8. The normalized spacial score (nSPS) is 12.2. The third kappa shape index (κ3) is 10.6. The van der Waals surface area contributed by atoms with Crippen LogP contribution in [0.1, 0.15) is 44.5 Å². The molecule has 1 saturated heterocycles. The molecule has 3 aromatic heterocycles. The van der Waals surface area contributed by atoms with Crippen LogP contribution in [0.15, 0.2) is 241 Å². The number of morpholine rings is 1. The van der Waals surface area contributed by atoms with Gasteiger partial charge in [-0.2, -0.15) is 29.4 Å². The van der Waals surface area contributed by atoms with Crippen LogP contribution in [0.2, 0.25) is 0 Å². The van der Waals surface area contributed by atoms with Gasteiger partial charge in [-0.25, -0.2) is 14.3 Å². The van der Waals surface area contributed by atoms with Crippen LogP contribution in [0.25, 0.3) is 33.1 Å². The van der Waals surface area contributed by atoms with Crippen molar-refractivity contribution in [3.63, 3.8) is 0 Å². The van der Waals surface area contributed by atoms with Crippen molar-refractivity contribution >= 4 is 55.9 Å². The molecular formula is C65H53BrN6O5. The molecule has 0 saturated carbocycles. The van der Waals surface area contributed by atoms with Crippen molar-refractivity contribution in [3.8, 4) is 11.3 Å². The Morgan fingerprint density at radius 3 is 1.19 bits per heavy atom. The van der Waals surface area contributed by atoms with Crippen LogP contribution >= 0.6 is 15.9 Å². The van der Waals surface area contributed by atoms with E-state index >= 15 is 0 Å². The molecule has 0 radical (unpaired) electrons. The van der Waals surface area contributed by atoms with Gasteiger partial charge >= 0.3 is 12.3 Å². The Labute approximate surface area is 455 Å². The highest BCUT2D eigenvalue weighted by molar-refractivity contribution is 9.10. The molecule has 1 fully saturated rings. The van der Waals surface area contributed by atoms with Crippen molar-refractivity contribution in [2.75, 3.05) is 31.2 Å². The molecule has 0 amide bonds. The Morgan fingerprint density at radius 2 is 0.805 bits per heavy atom. The van der Waals surface area contributed by atoms with E-state index in [-0.39, 0.29) is 12.3 Å². The summed E-state index contributed by atoms with van der Waals surface area (Å²) in [6.45, 7) is 7.37. The number of nitrogens with zero attached hydrogens (tertiary/aromatic N) is 6. The molecule has 77 heavy (non-hydrogen) atoms. The van der Waals surface area contributed by atoms with Gasteiger partial charge in [0.05, 0.1) is 24.2 Å². The Kier molecular flexibility index (Phi) is 16.7. The molecule has 0 aliphatic carbocycles. The molecule has 0 N–H and O–H groups in total. The minimum absolute atomic E-state index is 0.250. The zero-order valence-electron chi connectivity index (χ0n) is 42.4.